The Hall–Kier alpha value is -1.55. The van der Waals surface area contributed by atoms with Crippen LogP contribution in [0, 0.1) is 11.7 Å². The lowest BCUT2D eigenvalue weighted by Gasteiger charge is -2.32. The van der Waals surface area contributed by atoms with Gasteiger partial charge < -0.3 is 4.74 Å². The maximum absolute atomic E-state index is 15.0. The molecule has 6 nitrogen and oxygen atoms in total. The lowest BCUT2D eigenvalue weighted by Crippen LogP contribution is -2.35. The Balaban J connectivity index is 1.14. The van der Waals surface area contributed by atoms with Crippen LogP contribution in [0.4, 0.5) is 4.39 Å². The number of hydrogen-bond donors (Lipinski definition) is 1. The summed E-state index contributed by atoms with van der Waals surface area (Å²) < 4.78 is 28.1. The Bertz CT molecular complexity index is 1100. The highest BCUT2D eigenvalue weighted by molar-refractivity contribution is 7.92. The van der Waals surface area contributed by atoms with Crippen LogP contribution in [-0.4, -0.2) is 48.1 Å². The number of amides is 1. The van der Waals surface area contributed by atoms with Crippen molar-refractivity contribution in [2.45, 2.75) is 57.1 Å². The quantitative estimate of drug-likeness (QED) is 0.187. The molecule has 200 valence electrons. The molecule has 2 saturated carbocycles. The van der Waals surface area contributed by atoms with Gasteiger partial charge in [-0.3, -0.25) is 19.3 Å². The topological polar surface area (TPSA) is 54.0 Å². The zero-order valence-corrected chi connectivity index (χ0v) is 23.2. The van der Waals surface area contributed by atoms with Crippen LogP contribution < -0.4 is 10.2 Å². The molecule has 1 heterocycles. The van der Waals surface area contributed by atoms with Crippen LogP contribution in [0.3, 0.4) is 0 Å². The van der Waals surface area contributed by atoms with E-state index in [0.29, 0.717) is 34.2 Å². The monoisotopic (exact) mass is 567 g/mol. The third kappa shape index (κ3) is 7.74. The third-order valence-corrected chi connectivity index (χ3v) is 8.06. The molecule has 1 aliphatic heterocycles. The highest BCUT2D eigenvalue weighted by Crippen LogP contribution is 2.45. The Labute approximate surface area is 232 Å². The number of nitrogens with zero attached hydrogens (tertiary/aromatic N) is 2. The number of carbonyl (C=O) groups excluding carboxylic acids is 1. The number of hydrazine groups is 1. The zero-order chi connectivity index (χ0) is 25.9. The summed E-state index contributed by atoms with van der Waals surface area (Å²) in [7, 11) is 1.68. The van der Waals surface area contributed by atoms with Gasteiger partial charge in [-0.2, -0.15) is 0 Å². The maximum atomic E-state index is 15.0. The minimum absolute atomic E-state index is 0.0301. The molecule has 1 saturated heterocycles. The number of hydrogen-bond acceptors (Lipinski definition) is 6. The van der Waals surface area contributed by atoms with Gasteiger partial charge in [0, 0.05) is 29.7 Å². The number of carbonyl (C=O) groups is 1. The van der Waals surface area contributed by atoms with E-state index >= 15 is 0 Å². The van der Waals surface area contributed by atoms with Crippen molar-refractivity contribution >= 4 is 41.3 Å². The van der Waals surface area contributed by atoms with Crippen LogP contribution in [-0.2, 0) is 10.7 Å². The molecule has 5 rings (SSSR count). The van der Waals surface area contributed by atoms with E-state index in [-0.39, 0.29) is 11.7 Å². The van der Waals surface area contributed by atoms with Gasteiger partial charge in [0.1, 0.15) is 23.8 Å². The van der Waals surface area contributed by atoms with E-state index in [1.165, 1.54) is 10.5 Å². The first-order valence-electron chi connectivity index (χ1n) is 12.9. The molecule has 1 N–H and O–H groups in total. The lowest BCUT2D eigenvalue weighted by atomic mass is 9.97. The molecule has 3 fully saturated rings. The van der Waals surface area contributed by atoms with Crippen LogP contribution in [0.2, 0.25) is 10.0 Å². The Morgan fingerprint density at radius 3 is 2.43 bits per heavy atom. The largest absolute Gasteiger partial charge is 0.493 e. The van der Waals surface area contributed by atoms with Gasteiger partial charge in [-0.25, -0.2) is 4.39 Å². The van der Waals surface area contributed by atoms with Crippen molar-refractivity contribution in [2.75, 3.05) is 26.7 Å². The normalized spacial score (nSPS) is 18.8. The van der Waals surface area contributed by atoms with Crippen molar-refractivity contribution in [1.29, 1.82) is 0 Å². The van der Waals surface area contributed by atoms with Gasteiger partial charge in [0.05, 0.1) is 18.3 Å². The van der Waals surface area contributed by atoms with Crippen LogP contribution in [0.5, 0.6) is 5.75 Å². The minimum Gasteiger partial charge on any atom is -0.493 e. The standard InChI is InChI=1S/C27H32Cl2FN3O3S/c1-32(37-36-22-4-5-22)31-27(34)24-13-23(19-2-3-19)26(14-25(24)30)35-16-17-6-8-33(9-7-17)15-18-10-20(28)12-21(29)11-18/h10-14,17,19,22H,2-9,15-16H2,1H3,(H,31,34). The highest BCUT2D eigenvalue weighted by Gasteiger charge is 2.30. The van der Waals surface area contributed by atoms with Gasteiger partial charge >= 0.3 is 0 Å². The van der Waals surface area contributed by atoms with Gasteiger partial charge in [0.25, 0.3) is 5.91 Å². The number of halogens is 3. The Morgan fingerprint density at radius 1 is 1.08 bits per heavy atom. The number of ether oxygens (including phenoxy) is 1. The summed E-state index contributed by atoms with van der Waals surface area (Å²) in [6, 6.07) is 8.71. The summed E-state index contributed by atoms with van der Waals surface area (Å²) in [6.07, 6.45) is 6.37. The summed E-state index contributed by atoms with van der Waals surface area (Å²) in [5.41, 5.74) is 4.73. The van der Waals surface area contributed by atoms with E-state index in [0.717, 1.165) is 81.5 Å². The number of likely N-dealkylation sites (tertiary alicyclic amines) is 1. The van der Waals surface area contributed by atoms with E-state index < -0.39 is 11.7 Å². The van der Waals surface area contributed by atoms with Crippen LogP contribution in [0.25, 0.3) is 0 Å². The molecule has 2 aromatic carbocycles. The van der Waals surface area contributed by atoms with Crippen molar-refractivity contribution in [3.05, 3.63) is 62.9 Å². The SMILES string of the molecule is CN(NC(=O)c1cc(C2CC2)c(OCC2CCN(Cc3cc(Cl)cc(Cl)c3)CC2)cc1F)SOC1CC1. The summed E-state index contributed by atoms with van der Waals surface area (Å²) in [4.78, 5) is 15.1. The van der Waals surface area contributed by atoms with Crippen LogP contribution in [0.15, 0.2) is 30.3 Å². The van der Waals surface area contributed by atoms with E-state index in [2.05, 4.69) is 10.3 Å². The molecule has 0 atom stereocenters. The van der Waals surface area contributed by atoms with E-state index in [1.807, 2.05) is 12.1 Å². The summed E-state index contributed by atoms with van der Waals surface area (Å²) in [5.74, 6) is 0.211. The minimum atomic E-state index is -0.576. The molecule has 0 bridgehead atoms. The maximum Gasteiger partial charge on any atom is 0.269 e. The Kier molecular flexibility index (Phi) is 8.84. The fourth-order valence-corrected chi connectivity index (χ4v) is 5.71. The molecular formula is C27H32Cl2FN3O3S. The van der Waals surface area contributed by atoms with Crippen molar-refractivity contribution in [1.82, 2.24) is 14.7 Å². The molecule has 37 heavy (non-hydrogen) atoms. The zero-order valence-electron chi connectivity index (χ0n) is 20.9. The predicted octanol–water partition coefficient (Wildman–Crippen LogP) is 6.62. The predicted molar refractivity (Wildman–Crippen MR) is 145 cm³/mol. The van der Waals surface area contributed by atoms with Crippen molar-refractivity contribution in [3.8, 4) is 5.75 Å². The first-order chi connectivity index (χ1) is 17.8. The first-order valence-corrected chi connectivity index (χ1v) is 14.3. The molecule has 10 heteroatoms. The second-order valence-electron chi connectivity index (χ2n) is 10.3. The molecule has 0 aromatic heterocycles. The summed E-state index contributed by atoms with van der Waals surface area (Å²) in [6.45, 7) is 3.27. The fourth-order valence-electron chi connectivity index (χ4n) is 4.57. The van der Waals surface area contributed by atoms with Crippen LogP contribution in [0.1, 0.15) is 65.9 Å². The van der Waals surface area contributed by atoms with Gasteiger partial charge in [-0.1, -0.05) is 23.2 Å². The summed E-state index contributed by atoms with van der Waals surface area (Å²) >= 11 is 13.3. The van der Waals surface area contributed by atoms with Gasteiger partial charge in [-0.05, 0) is 98.8 Å². The molecule has 2 aromatic rings. The number of benzene rings is 2. The molecule has 0 unspecified atom stereocenters. The van der Waals surface area contributed by atoms with Gasteiger partial charge in [-0.15, -0.1) is 4.41 Å². The smallest absolute Gasteiger partial charge is 0.269 e. The van der Waals surface area contributed by atoms with E-state index in [1.54, 1.807) is 19.2 Å². The van der Waals surface area contributed by atoms with E-state index in [4.69, 9.17) is 32.1 Å². The lowest BCUT2D eigenvalue weighted by molar-refractivity contribution is 0.0890. The molecule has 3 aliphatic rings. The first kappa shape index (κ1) is 27.0. The average molecular weight is 569 g/mol. The highest BCUT2D eigenvalue weighted by atomic mass is 35.5. The van der Waals surface area contributed by atoms with Crippen LogP contribution >= 0.6 is 35.4 Å². The number of piperidine rings is 1. The van der Waals surface area contributed by atoms with Crippen molar-refractivity contribution < 1.29 is 18.1 Å². The molecule has 0 radical (unpaired) electrons. The number of rotatable bonds is 11. The van der Waals surface area contributed by atoms with Gasteiger partial charge in [0.15, 0.2) is 0 Å². The summed E-state index contributed by atoms with van der Waals surface area (Å²) in [5, 5.41) is 1.31. The molecule has 2 aliphatic carbocycles. The van der Waals surface area contributed by atoms with Gasteiger partial charge in [0.2, 0.25) is 0 Å². The van der Waals surface area contributed by atoms with Crippen molar-refractivity contribution in [2.24, 2.45) is 5.92 Å². The Morgan fingerprint density at radius 2 is 1.78 bits per heavy atom. The molecular weight excluding hydrogens is 536 g/mol. The number of nitrogens with one attached hydrogen (secondary N) is 1. The molecule has 1 amide bonds. The van der Waals surface area contributed by atoms with Crippen molar-refractivity contribution in [3.63, 3.8) is 0 Å². The second kappa shape index (κ2) is 12.1. The molecule has 0 spiro atoms. The fraction of sp³-hybridized carbons (Fsp3) is 0.519. The second-order valence-corrected chi connectivity index (χ2v) is 12.0. The third-order valence-electron chi connectivity index (χ3n) is 6.95. The van der Waals surface area contributed by atoms with E-state index in [9.17, 15) is 9.18 Å². The average Bonchev–Trinajstić information content (AvgIpc) is 3.76.